The molecule has 4 aromatic carbocycles. The smallest absolute Gasteiger partial charge is 0.611 e. The maximum atomic E-state index is 7.41. The first kappa shape index (κ1) is 36.8. The number of hydrogen-bond donors (Lipinski definition) is 0. The molecular formula is C44H59AlO2. The van der Waals surface area contributed by atoms with Gasteiger partial charge < -0.3 is 7.58 Å². The average molecular weight is 647 g/mol. The van der Waals surface area contributed by atoms with Crippen molar-refractivity contribution in [2.24, 2.45) is 5.92 Å². The molecule has 0 bridgehead atoms. The lowest BCUT2D eigenvalue weighted by Crippen LogP contribution is -2.34. The van der Waals surface area contributed by atoms with Gasteiger partial charge in [0, 0.05) is 11.1 Å². The molecule has 250 valence electrons. The molecule has 0 N–H and O–H groups in total. The summed E-state index contributed by atoms with van der Waals surface area (Å²) in [5.74, 6) is 2.36. The minimum absolute atomic E-state index is 0.00564. The van der Waals surface area contributed by atoms with Crippen molar-refractivity contribution < 1.29 is 7.58 Å². The zero-order valence-electron chi connectivity index (χ0n) is 31.8. The molecule has 47 heavy (non-hydrogen) atoms. The summed E-state index contributed by atoms with van der Waals surface area (Å²) in [7, 11) is 0. The Balaban J connectivity index is 2.00. The van der Waals surface area contributed by atoms with E-state index >= 15 is 0 Å². The topological polar surface area (TPSA) is 18.5 Å². The van der Waals surface area contributed by atoms with Gasteiger partial charge in [-0.05, 0) is 72.5 Å². The lowest BCUT2D eigenvalue weighted by molar-refractivity contribution is 0.394. The minimum atomic E-state index is -2.36. The Hall–Kier alpha value is -2.99. The molecule has 0 aliphatic heterocycles. The third-order valence-corrected chi connectivity index (χ3v) is 11.2. The Kier molecular flexibility index (Phi) is 10.9. The van der Waals surface area contributed by atoms with Crippen molar-refractivity contribution in [3.63, 3.8) is 0 Å². The SMILES string of the molecule is CC(C)[CH2][Al]([O]c1c(-c2ccccc2)cc(C(C)(C)C)cc1C(C)(C)C)[O]c1c(-c2ccccc2)cc(C(C)(C)C)cc1C(C)(C)C. The van der Waals surface area contributed by atoms with Gasteiger partial charge in [-0.25, -0.2) is 0 Å². The maximum absolute atomic E-state index is 7.41. The van der Waals surface area contributed by atoms with Crippen molar-refractivity contribution in [2.45, 2.75) is 124 Å². The molecule has 0 aliphatic rings. The van der Waals surface area contributed by atoms with Crippen LogP contribution < -0.4 is 7.58 Å². The van der Waals surface area contributed by atoms with Crippen LogP contribution >= 0.6 is 0 Å². The zero-order valence-corrected chi connectivity index (χ0v) is 32.9. The summed E-state index contributed by atoms with van der Waals surface area (Å²) in [6, 6.07) is 31.0. The number of benzene rings is 4. The molecule has 4 rings (SSSR count). The van der Waals surface area contributed by atoms with E-state index in [9.17, 15) is 0 Å². The van der Waals surface area contributed by atoms with Crippen molar-refractivity contribution in [1.82, 2.24) is 0 Å². The van der Waals surface area contributed by atoms with Crippen molar-refractivity contribution in [3.05, 3.63) is 107 Å². The van der Waals surface area contributed by atoms with Crippen LogP contribution in [0, 0.1) is 5.92 Å². The Bertz CT molecular complexity index is 1520. The van der Waals surface area contributed by atoms with E-state index in [1.807, 2.05) is 0 Å². The summed E-state index contributed by atoms with van der Waals surface area (Å²) >= 11 is -2.36. The van der Waals surface area contributed by atoms with E-state index in [-0.39, 0.29) is 21.7 Å². The Labute approximate surface area is 292 Å². The highest BCUT2D eigenvalue weighted by Crippen LogP contribution is 2.46. The predicted octanol–water partition coefficient (Wildman–Crippen LogP) is 12.8. The maximum Gasteiger partial charge on any atom is 0.857 e. The molecule has 0 atom stereocenters. The first-order valence-electron chi connectivity index (χ1n) is 17.5. The van der Waals surface area contributed by atoms with Crippen LogP contribution in [0.15, 0.2) is 84.9 Å². The highest BCUT2D eigenvalue weighted by atomic mass is 27.2. The molecule has 0 amide bonds. The standard InChI is InChI=1S/2C20H26O.C4H9.Al/c2*1-19(2,3)15-12-16(14-10-8-7-9-11-14)18(21)17(13-15)20(4,5)6;1-4(2)3;/h2*7-13,21H,1-6H3;4H,1H2,2-3H3;/q;;;+2/p-2. The molecule has 0 fully saturated rings. The molecule has 0 spiro atoms. The fourth-order valence-corrected chi connectivity index (χ4v) is 7.97. The largest absolute Gasteiger partial charge is 0.857 e. The van der Waals surface area contributed by atoms with Gasteiger partial charge in [-0.15, -0.1) is 0 Å². The lowest BCUT2D eigenvalue weighted by atomic mass is 9.78. The molecule has 0 aromatic heterocycles. The molecule has 0 unspecified atom stereocenters. The second-order valence-electron chi connectivity index (χ2n) is 17.8. The highest BCUT2D eigenvalue weighted by Gasteiger charge is 2.39. The van der Waals surface area contributed by atoms with Crippen molar-refractivity contribution in [1.29, 1.82) is 0 Å². The van der Waals surface area contributed by atoms with Crippen LogP contribution in [0.4, 0.5) is 0 Å². The van der Waals surface area contributed by atoms with E-state index in [0.29, 0.717) is 5.92 Å². The second kappa shape index (κ2) is 13.9. The van der Waals surface area contributed by atoms with Gasteiger partial charge in [0.05, 0.1) is 11.5 Å². The van der Waals surface area contributed by atoms with Crippen LogP contribution in [-0.4, -0.2) is 14.8 Å². The van der Waals surface area contributed by atoms with Gasteiger partial charge in [0.25, 0.3) is 0 Å². The van der Waals surface area contributed by atoms with Crippen LogP contribution in [0.3, 0.4) is 0 Å². The van der Waals surface area contributed by atoms with Gasteiger partial charge in [-0.3, -0.25) is 0 Å². The molecule has 0 saturated carbocycles. The Morgan fingerprint density at radius 1 is 0.489 bits per heavy atom. The zero-order chi connectivity index (χ0) is 34.9. The van der Waals surface area contributed by atoms with E-state index in [1.165, 1.54) is 33.4 Å². The van der Waals surface area contributed by atoms with Crippen LogP contribution in [0.25, 0.3) is 22.3 Å². The fraction of sp³-hybridized carbons (Fsp3) is 0.455. The molecule has 3 heteroatoms. The third-order valence-electron chi connectivity index (χ3n) is 8.86. The van der Waals surface area contributed by atoms with Gasteiger partial charge in [-0.2, -0.15) is 0 Å². The normalized spacial score (nSPS) is 12.7. The molecule has 2 nitrogen and oxygen atoms in total. The van der Waals surface area contributed by atoms with Gasteiger partial charge in [0.15, 0.2) is 0 Å². The summed E-state index contributed by atoms with van der Waals surface area (Å²) in [6.45, 7) is 32.1. The first-order chi connectivity index (χ1) is 21.7. The summed E-state index contributed by atoms with van der Waals surface area (Å²) < 4.78 is 14.8. The van der Waals surface area contributed by atoms with Crippen LogP contribution in [0.1, 0.15) is 119 Å². The number of rotatable bonds is 8. The fourth-order valence-electron chi connectivity index (χ4n) is 5.92. The summed E-state index contributed by atoms with van der Waals surface area (Å²) in [4.78, 5) is 0. The van der Waals surface area contributed by atoms with E-state index in [2.05, 4.69) is 182 Å². The summed E-state index contributed by atoms with van der Waals surface area (Å²) in [5, 5.41) is 0.887. The van der Waals surface area contributed by atoms with Gasteiger partial charge in [-0.1, -0.05) is 176 Å². The quantitative estimate of drug-likeness (QED) is 0.177. The van der Waals surface area contributed by atoms with Gasteiger partial charge in [0.2, 0.25) is 0 Å². The second-order valence-corrected chi connectivity index (χ2v) is 19.6. The first-order valence-corrected chi connectivity index (χ1v) is 19.2. The molecule has 0 aliphatic carbocycles. The van der Waals surface area contributed by atoms with Crippen LogP contribution in [0.2, 0.25) is 5.28 Å². The van der Waals surface area contributed by atoms with E-state index in [1.54, 1.807) is 0 Å². The van der Waals surface area contributed by atoms with E-state index in [4.69, 9.17) is 7.58 Å². The van der Waals surface area contributed by atoms with Crippen LogP contribution in [-0.2, 0) is 21.7 Å². The average Bonchev–Trinajstić information content (AvgIpc) is 2.95. The van der Waals surface area contributed by atoms with Crippen molar-refractivity contribution in [3.8, 4) is 33.8 Å². The van der Waals surface area contributed by atoms with E-state index in [0.717, 1.165) is 27.9 Å². The lowest BCUT2D eigenvalue weighted by Gasteiger charge is -2.33. The molecule has 4 aromatic rings. The Morgan fingerprint density at radius 3 is 1.11 bits per heavy atom. The third kappa shape index (κ3) is 9.13. The minimum Gasteiger partial charge on any atom is -0.611 e. The van der Waals surface area contributed by atoms with Crippen LogP contribution in [0.5, 0.6) is 11.5 Å². The Morgan fingerprint density at radius 2 is 0.830 bits per heavy atom. The highest BCUT2D eigenvalue weighted by molar-refractivity contribution is 6.46. The monoisotopic (exact) mass is 646 g/mol. The van der Waals surface area contributed by atoms with Crippen molar-refractivity contribution >= 4 is 14.8 Å². The molecule has 0 heterocycles. The van der Waals surface area contributed by atoms with Gasteiger partial charge in [0.1, 0.15) is 0 Å². The molecular weight excluding hydrogens is 587 g/mol. The van der Waals surface area contributed by atoms with Crippen molar-refractivity contribution in [2.75, 3.05) is 0 Å². The molecule has 0 saturated heterocycles. The van der Waals surface area contributed by atoms with E-state index < -0.39 is 14.8 Å². The predicted molar refractivity (Wildman–Crippen MR) is 205 cm³/mol. The molecule has 0 radical (unpaired) electrons. The summed E-state index contributed by atoms with van der Waals surface area (Å²) in [5.41, 5.74) is 9.47. The number of hydrogen-bond acceptors (Lipinski definition) is 2. The van der Waals surface area contributed by atoms with Gasteiger partial charge >= 0.3 is 14.8 Å². The summed E-state index contributed by atoms with van der Waals surface area (Å²) in [6.07, 6.45) is 0.